The van der Waals surface area contributed by atoms with Gasteiger partial charge in [0.15, 0.2) is 0 Å². The third-order valence-electron chi connectivity index (χ3n) is 3.86. The summed E-state index contributed by atoms with van der Waals surface area (Å²) in [4.78, 5) is 0. The highest BCUT2D eigenvalue weighted by Gasteiger charge is 2.19. The molecule has 21 heavy (non-hydrogen) atoms. The molecule has 1 N–H and O–H groups in total. The third kappa shape index (κ3) is 3.27. The Morgan fingerprint density at radius 1 is 1.43 bits per heavy atom. The maximum absolute atomic E-state index is 13.3. The summed E-state index contributed by atoms with van der Waals surface area (Å²) < 4.78 is 15.1. The molecule has 1 unspecified atom stereocenters. The van der Waals surface area contributed by atoms with Crippen molar-refractivity contribution in [2.45, 2.75) is 32.7 Å². The van der Waals surface area contributed by atoms with Gasteiger partial charge in [-0.2, -0.15) is 5.10 Å². The van der Waals surface area contributed by atoms with E-state index in [0.29, 0.717) is 6.42 Å². The smallest absolute Gasteiger partial charge is 0.123 e. The SMILES string of the molecule is CCc1nn(C)c(CC(NC)c2ccc(F)cc2C)c1Cl. The van der Waals surface area contributed by atoms with E-state index in [1.54, 1.807) is 6.07 Å². The molecule has 0 aliphatic rings. The van der Waals surface area contributed by atoms with Crippen LogP contribution in [0.4, 0.5) is 4.39 Å². The van der Waals surface area contributed by atoms with Gasteiger partial charge in [-0.15, -0.1) is 0 Å². The molecule has 0 aliphatic heterocycles. The molecule has 2 aromatic rings. The number of aromatic nitrogens is 2. The number of rotatable bonds is 5. The first-order valence-electron chi connectivity index (χ1n) is 7.11. The summed E-state index contributed by atoms with van der Waals surface area (Å²) in [5.74, 6) is -0.210. The fraction of sp³-hybridized carbons (Fsp3) is 0.438. The van der Waals surface area contributed by atoms with Crippen LogP contribution < -0.4 is 5.32 Å². The third-order valence-corrected chi connectivity index (χ3v) is 4.29. The van der Waals surface area contributed by atoms with Gasteiger partial charge in [0.05, 0.1) is 16.4 Å². The standard InChI is InChI=1S/C16H21ClFN3/c1-5-13-16(17)15(21(4)20-13)9-14(19-3)12-7-6-11(18)8-10(12)2/h6-8,14,19H,5,9H2,1-4H3. The van der Waals surface area contributed by atoms with Gasteiger partial charge >= 0.3 is 0 Å². The first-order chi connectivity index (χ1) is 9.97. The van der Waals surface area contributed by atoms with Crippen molar-refractivity contribution in [1.82, 2.24) is 15.1 Å². The average Bonchev–Trinajstić information content (AvgIpc) is 2.72. The molecule has 1 atom stereocenters. The van der Waals surface area contributed by atoms with Crippen molar-refractivity contribution in [3.63, 3.8) is 0 Å². The fourth-order valence-electron chi connectivity index (χ4n) is 2.63. The van der Waals surface area contributed by atoms with Crippen LogP contribution in [-0.2, 0) is 19.9 Å². The zero-order valence-corrected chi connectivity index (χ0v) is 13.6. The van der Waals surface area contributed by atoms with Gasteiger partial charge in [0.25, 0.3) is 0 Å². The molecule has 0 fully saturated rings. The summed E-state index contributed by atoms with van der Waals surface area (Å²) in [7, 11) is 3.81. The summed E-state index contributed by atoms with van der Waals surface area (Å²) in [6.45, 7) is 3.96. The monoisotopic (exact) mass is 309 g/mol. The molecule has 0 amide bonds. The number of benzene rings is 1. The predicted octanol–water partition coefficient (Wildman–Crippen LogP) is 3.59. The Hall–Kier alpha value is -1.39. The van der Waals surface area contributed by atoms with Crippen LogP contribution in [0.2, 0.25) is 5.02 Å². The van der Waals surface area contributed by atoms with E-state index in [1.807, 2.05) is 38.7 Å². The molecule has 0 spiro atoms. The number of aryl methyl sites for hydroxylation is 3. The van der Waals surface area contributed by atoms with Gasteiger partial charge in [-0.25, -0.2) is 4.39 Å². The van der Waals surface area contributed by atoms with Crippen LogP contribution in [-0.4, -0.2) is 16.8 Å². The van der Waals surface area contributed by atoms with E-state index in [0.717, 1.165) is 34.0 Å². The van der Waals surface area contributed by atoms with Gasteiger partial charge in [-0.05, 0) is 43.7 Å². The predicted molar refractivity (Wildman–Crippen MR) is 84.2 cm³/mol. The Balaban J connectivity index is 2.33. The van der Waals surface area contributed by atoms with Crippen LogP contribution in [0.25, 0.3) is 0 Å². The summed E-state index contributed by atoms with van der Waals surface area (Å²) in [6.07, 6.45) is 1.53. The highest BCUT2D eigenvalue weighted by atomic mass is 35.5. The lowest BCUT2D eigenvalue weighted by Crippen LogP contribution is -2.21. The molecule has 0 bridgehead atoms. The van der Waals surface area contributed by atoms with Gasteiger partial charge < -0.3 is 5.32 Å². The Bertz CT molecular complexity index is 637. The minimum Gasteiger partial charge on any atom is -0.313 e. The zero-order chi connectivity index (χ0) is 15.6. The van der Waals surface area contributed by atoms with Crippen molar-refractivity contribution in [2.24, 2.45) is 7.05 Å². The van der Waals surface area contributed by atoms with Crippen molar-refractivity contribution < 1.29 is 4.39 Å². The van der Waals surface area contributed by atoms with Crippen LogP contribution in [0.5, 0.6) is 0 Å². The largest absolute Gasteiger partial charge is 0.313 e. The Morgan fingerprint density at radius 2 is 2.14 bits per heavy atom. The highest BCUT2D eigenvalue weighted by molar-refractivity contribution is 6.31. The van der Waals surface area contributed by atoms with Crippen molar-refractivity contribution in [1.29, 1.82) is 0 Å². The van der Waals surface area contributed by atoms with Gasteiger partial charge in [0, 0.05) is 19.5 Å². The maximum atomic E-state index is 13.3. The van der Waals surface area contributed by atoms with Crippen LogP contribution in [0.1, 0.15) is 35.5 Å². The van der Waals surface area contributed by atoms with Gasteiger partial charge in [0.1, 0.15) is 5.82 Å². The molecule has 5 heteroatoms. The minimum atomic E-state index is -0.210. The number of likely N-dealkylation sites (N-methyl/N-ethyl adjacent to an activating group) is 1. The van der Waals surface area contributed by atoms with Crippen LogP contribution in [0.15, 0.2) is 18.2 Å². The highest BCUT2D eigenvalue weighted by Crippen LogP contribution is 2.27. The van der Waals surface area contributed by atoms with E-state index in [-0.39, 0.29) is 11.9 Å². The quantitative estimate of drug-likeness (QED) is 0.915. The molecule has 3 nitrogen and oxygen atoms in total. The number of halogens is 2. The van der Waals surface area contributed by atoms with Gasteiger partial charge in [0.2, 0.25) is 0 Å². The average molecular weight is 310 g/mol. The maximum Gasteiger partial charge on any atom is 0.123 e. The molecule has 0 radical (unpaired) electrons. The molecule has 1 heterocycles. The molecule has 0 saturated heterocycles. The molecule has 1 aromatic carbocycles. The topological polar surface area (TPSA) is 29.9 Å². The molecular formula is C16H21ClFN3. The molecule has 0 aliphatic carbocycles. The van der Waals surface area contributed by atoms with Crippen LogP contribution in [0.3, 0.4) is 0 Å². The van der Waals surface area contributed by atoms with E-state index in [2.05, 4.69) is 10.4 Å². The Kier molecular flexibility index (Phi) is 5.01. The van der Waals surface area contributed by atoms with Crippen molar-refractivity contribution in [3.05, 3.63) is 51.6 Å². The fourth-order valence-corrected chi connectivity index (χ4v) is 3.00. The molecule has 1 aromatic heterocycles. The van der Waals surface area contributed by atoms with Gasteiger partial charge in [-0.1, -0.05) is 24.6 Å². The van der Waals surface area contributed by atoms with Crippen LogP contribution >= 0.6 is 11.6 Å². The summed E-state index contributed by atoms with van der Waals surface area (Å²) in [5, 5.41) is 8.47. The van der Waals surface area contributed by atoms with E-state index in [1.165, 1.54) is 6.07 Å². The summed E-state index contributed by atoms with van der Waals surface area (Å²) >= 11 is 6.41. The summed E-state index contributed by atoms with van der Waals surface area (Å²) in [6, 6.07) is 4.96. The normalized spacial score (nSPS) is 12.7. The van der Waals surface area contributed by atoms with E-state index >= 15 is 0 Å². The van der Waals surface area contributed by atoms with E-state index in [4.69, 9.17) is 11.6 Å². The molecule has 114 valence electrons. The van der Waals surface area contributed by atoms with Gasteiger partial charge in [-0.3, -0.25) is 4.68 Å². The van der Waals surface area contributed by atoms with E-state index < -0.39 is 0 Å². The van der Waals surface area contributed by atoms with Crippen molar-refractivity contribution >= 4 is 11.6 Å². The number of nitrogens with zero attached hydrogens (tertiary/aromatic N) is 2. The first-order valence-corrected chi connectivity index (χ1v) is 7.49. The van der Waals surface area contributed by atoms with Crippen LogP contribution in [0, 0.1) is 12.7 Å². The Morgan fingerprint density at radius 3 is 2.67 bits per heavy atom. The lowest BCUT2D eigenvalue weighted by atomic mass is 9.97. The first kappa shape index (κ1) is 16.0. The number of hydrogen-bond acceptors (Lipinski definition) is 2. The molecular weight excluding hydrogens is 289 g/mol. The summed E-state index contributed by atoms with van der Waals surface area (Å²) in [5.41, 5.74) is 3.93. The lowest BCUT2D eigenvalue weighted by Gasteiger charge is -2.19. The van der Waals surface area contributed by atoms with E-state index in [9.17, 15) is 4.39 Å². The van der Waals surface area contributed by atoms with Crippen molar-refractivity contribution in [2.75, 3.05) is 7.05 Å². The lowest BCUT2D eigenvalue weighted by molar-refractivity contribution is 0.555. The number of nitrogens with one attached hydrogen (secondary N) is 1. The second-order valence-electron chi connectivity index (χ2n) is 5.23. The minimum absolute atomic E-state index is 0.0724. The second-order valence-corrected chi connectivity index (χ2v) is 5.61. The number of hydrogen-bond donors (Lipinski definition) is 1. The molecule has 0 saturated carbocycles. The van der Waals surface area contributed by atoms with Crippen molar-refractivity contribution in [3.8, 4) is 0 Å². The second kappa shape index (κ2) is 6.58. The zero-order valence-electron chi connectivity index (χ0n) is 12.9. The molecule has 2 rings (SSSR count). The Labute approximate surface area is 130 Å².